The molecule has 3 aromatic heterocycles. The van der Waals surface area contributed by atoms with Gasteiger partial charge in [0.1, 0.15) is 10.9 Å². The van der Waals surface area contributed by atoms with Crippen molar-refractivity contribution in [3.8, 4) is 11.6 Å². The van der Waals surface area contributed by atoms with E-state index < -0.39 is 0 Å². The third-order valence-corrected chi connectivity index (χ3v) is 6.24. The quantitative estimate of drug-likeness (QED) is 0.532. The molecule has 31 heavy (non-hydrogen) atoms. The van der Waals surface area contributed by atoms with Crippen molar-refractivity contribution in [3.63, 3.8) is 0 Å². The summed E-state index contributed by atoms with van der Waals surface area (Å²) in [5, 5.41) is 9.19. The van der Waals surface area contributed by atoms with E-state index in [4.69, 9.17) is 21.1 Å². The van der Waals surface area contributed by atoms with Crippen LogP contribution in [0, 0.1) is 12.8 Å². The highest BCUT2D eigenvalue weighted by Gasteiger charge is 2.40. The van der Waals surface area contributed by atoms with Crippen LogP contribution in [0.3, 0.4) is 0 Å². The molecule has 0 radical (unpaired) electrons. The summed E-state index contributed by atoms with van der Waals surface area (Å²) in [6, 6.07) is 5.66. The van der Waals surface area contributed by atoms with E-state index in [0.29, 0.717) is 47.9 Å². The van der Waals surface area contributed by atoms with Crippen molar-refractivity contribution in [2.45, 2.75) is 32.1 Å². The van der Waals surface area contributed by atoms with E-state index in [1.807, 2.05) is 26.1 Å². The minimum absolute atomic E-state index is 0.128. The van der Waals surface area contributed by atoms with E-state index in [-0.39, 0.29) is 5.56 Å². The van der Waals surface area contributed by atoms with Crippen LogP contribution in [0.25, 0.3) is 0 Å². The maximum atomic E-state index is 12.5. The van der Waals surface area contributed by atoms with Gasteiger partial charge in [0.25, 0.3) is 5.56 Å². The lowest BCUT2D eigenvalue weighted by molar-refractivity contribution is 0.277. The van der Waals surface area contributed by atoms with Crippen LogP contribution in [-0.2, 0) is 26.9 Å². The van der Waals surface area contributed by atoms with Gasteiger partial charge in [-0.05, 0) is 38.3 Å². The van der Waals surface area contributed by atoms with Gasteiger partial charge in [-0.1, -0.05) is 11.6 Å². The zero-order valence-corrected chi connectivity index (χ0v) is 18.9. The highest BCUT2D eigenvalue weighted by atomic mass is 35.5. The van der Waals surface area contributed by atoms with Gasteiger partial charge in [0, 0.05) is 48.8 Å². The predicted octanol–water partition coefficient (Wildman–Crippen LogP) is 2.85. The van der Waals surface area contributed by atoms with Crippen LogP contribution < -0.4 is 15.0 Å². The van der Waals surface area contributed by atoms with Crippen LogP contribution in [0.1, 0.15) is 34.9 Å². The first kappa shape index (κ1) is 21.4. The molecule has 0 amide bonds. The van der Waals surface area contributed by atoms with Crippen molar-refractivity contribution in [2.24, 2.45) is 20.0 Å². The first-order valence-electron chi connectivity index (χ1n) is 10.2. The summed E-state index contributed by atoms with van der Waals surface area (Å²) in [4.78, 5) is 17.0. The molecule has 9 heteroatoms. The average Bonchev–Trinajstić information content (AvgIpc) is 3.50. The largest absolute Gasteiger partial charge is 0.495 e. The van der Waals surface area contributed by atoms with Gasteiger partial charge in [-0.25, -0.2) is 4.68 Å². The van der Waals surface area contributed by atoms with E-state index in [2.05, 4.69) is 15.2 Å². The molecule has 0 saturated heterocycles. The fourth-order valence-electron chi connectivity index (χ4n) is 3.83. The van der Waals surface area contributed by atoms with Crippen LogP contribution in [0.2, 0.25) is 5.15 Å². The topological polar surface area (TPSA) is 84.1 Å². The summed E-state index contributed by atoms with van der Waals surface area (Å²) in [6.45, 7) is 2.46. The summed E-state index contributed by atoms with van der Waals surface area (Å²) in [7, 11) is 5.08. The molecule has 2 atom stereocenters. The lowest BCUT2D eigenvalue weighted by Gasteiger charge is -2.09. The lowest BCUT2D eigenvalue weighted by Crippen LogP contribution is -2.24. The number of nitrogens with zero attached hydrogens (tertiary/aromatic N) is 5. The lowest BCUT2D eigenvalue weighted by atomic mass is 10.1. The van der Waals surface area contributed by atoms with Crippen LogP contribution in [-0.4, -0.2) is 38.3 Å². The third-order valence-electron chi connectivity index (χ3n) is 5.77. The van der Waals surface area contributed by atoms with E-state index in [1.165, 1.54) is 4.68 Å². The predicted molar refractivity (Wildman–Crippen MR) is 117 cm³/mol. The molecule has 1 saturated carbocycles. The Hall–Kier alpha value is -2.87. The monoisotopic (exact) mass is 443 g/mol. The van der Waals surface area contributed by atoms with Gasteiger partial charge in [-0.3, -0.25) is 14.5 Å². The second-order valence-electron chi connectivity index (χ2n) is 7.95. The van der Waals surface area contributed by atoms with Gasteiger partial charge < -0.3 is 9.47 Å². The molecule has 0 aromatic carbocycles. The molecule has 3 aromatic rings. The van der Waals surface area contributed by atoms with Crippen molar-refractivity contribution >= 4 is 11.6 Å². The summed E-state index contributed by atoms with van der Waals surface area (Å²) in [5.41, 5.74) is 3.40. The Kier molecular flexibility index (Phi) is 6.00. The standard InChI is InChI=1S/C22H26ClN5O3/c1-13-17(21(23)27(2)25-13)7-5-14-10-20(26-28(3)22(14)29)31-12-15-9-18(15)19-8-6-16(30-4)11-24-19/h6,8,10-11,15,18H,5,7,9,12H2,1-4H3/t15-,18+/m1/s1. The first-order chi connectivity index (χ1) is 14.9. The Morgan fingerprint density at radius 1 is 1.19 bits per heavy atom. The van der Waals surface area contributed by atoms with Gasteiger partial charge in [0.15, 0.2) is 0 Å². The van der Waals surface area contributed by atoms with E-state index >= 15 is 0 Å². The number of halogens is 1. The fraction of sp³-hybridized carbons (Fsp3) is 0.455. The Bertz CT molecular complexity index is 1140. The molecule has 0 N–H and O–H groups in total. The number of hydrogen-bond acceptors (Lipinski definition) is 6. The van der Waals surface area contributed by atoms with Gasteiger partial charge >= 0.3 is 0 Å². The molecule has 4 rings (SSSR count). The van der Waals surface area contributed by atoms with Crippen LogP contribution in [0.15, 0.2) is 29.2 Å². The van der Waals surface area contributed by atoms with Gasteiger partial charge in [0.2, 0.25) is 5.88 Å². The SMILES string of the molecule is COc1ccc([C@H]2C[C@@H]2COc2cc(CCc3c(C)nn(C)c3Cl)c(=O)n(C)n2)nc1. The molecule has 3 heterocycles. The van der Waals surface area contributed by atoms with Gasteiger partial charge in [-0.2, -0.15) is 5.10 Å². The number of ether oxygens (including phenoxy) is 2. The minimum atomic E-state index is -0.128. The second kappa shape index (κ2) is 8.70. The fourth-order valence-corrected chi connectivity index (χ4v) is 4.10. The molecular formula is C22H26ClN5O3. The molecule has 1 aliphatic carbocycles. The van der Waals surface area contributed by atoms with Crippen LogP contribution in [0.5, 0.6) is 11.6 Å². The Morgan fingerprint density at radius 2 is 2.00 bits per heavy atom. The van der Waals surface area contributed by atoms with Gasteiger partial charge in [0.05, 0.1) is 25.6 Å². The molecule has 0 spiro atoms. The molecule has 1 fully saturated rings. The first-order valence-corrected chi connectivity index (χ1v) is 10.6. The minimum Gasteiger partial charge on any atom is -0.495 e. The number of aryl methyl sites for hydroxylation is 4. The Labute approximate surface area is 185 Å². The Balaban J connectivity index is 1.39. The zero-order valence-electron chi connectivity index (χ0n) is 18.1. The van der Waals surface area contributed by atoms with Crippen molar-refractivity contribution in [1.29, 1.82) is 0 Å². The van der Waals surface area contributed by atoms with E-state index in [9.17, 15) is 4.79 Å². The molecule has 0 aliphatic heterocycles. The summed E-state index contributed by atoms with van der Waals surface area (Å²) < 4.78 is 14.1. The van der Waals surface area contributed by atoms with Gasteiger partial charge in [-0.15, -0.1) is 5.10 Å². The highest BCUT2D eigenvalue weighted by molar-refractivity contribution is 6.30. The summed E-state index contributed by atoms with van der Waals surface area (Å²) >= 11 is 6.32. The van der Waals surface area contributed by atoms with E-state index in [1.54, 1.807) is 31.1 Å². The molecule has 0 unspecified atom stereocenters. The maximum Gasteiger partial charge on any atom is 0.269 e. The maximum absolute atomic E-state index is 12.5. The van der Waals surface area contributed by atoms with Crippen molar-refractivity contribution in [2.75, 3.05) is 13.7 Å². The molecule has 8 nitrogen and oxygen atoms in total. The Morgan fingerprint density at radius 3 is 2.65 bits per heavy atom. The molecule has 0 bridgehead atoms. The summed E-state index contributed by atoms with van der Waals surface area (Å²) in [6.07, 6.45) is 3.93. The number of methoxy groups -OCH3 is 1. The van der Waals surface area contributed by atoms with Crippen molar-refractivity contribution < 1.29 is 9.47 Å². The summed E-state index contributed by atoms with van der Waals surface area (Å²) in [5.74, 6) is 1.98. The average molecular weight is 444 g/mol. The normalized spacial score (nSPS) is 17.6. The van der Waals surface area contributed by atoms with Crippen molar-refractivity contribution in [3.05, 3.63) is 62.4 Å². The number of pyridine rings is 1. The molecule has 164 valence electrons. The highest BCUT2D eigenvalue weighted by Crippen LogP contribution is 2.46. The number of hydrogen-bond donors (Lipinski definition) is 0. The van der Waals surface area contributed by atoms with E-state index in [0.717, 1.165) is 29.1 Å². The number of aromatic nitrogens is 5. The number of rotatable bonds is 8. The third kappa shape index (κ3) is 4.58. The molecular weight excluding hydrogens is 418 g/mol. The smallest absolute Gasteiger partial charge is 0.269 e. The zero-order chi connectivity index (χ0) is 22.1. The van der Waals surface area contributed by atoms with Crippen LogP contribution >= 0.6 is 11.6 Å². The van der Waals surface area contributed by atoms with Crippen molar-refractivity contribution in [1.82, 2.24) is 24.5 Å². The van der Waals surface area contributed by atoms with Crippen LogP contribution in [0.4, 0.5) is 0 Å². The molecule has 1 aliphatic rings. The second-order valence-corrected chi connectivity index (χ2v) is 8.31.